The highest BCUT2D eigenvalue weighted by Crippen LogP contribution is 2.42. The molecule has 228 valence electrons. The molecular weight excluding hydrogens is 624 g/mol. The van der Waals surface area contributed by atoms with Crippen molar-refractivity contribution >= 4 is 34.6 Å². The van der Waals surface area contributed by atoms with Crippen LogP contribution in [0.5, 0.6) is 0 Å². The van der Waals surface area contributed by atoms with Gasteiger partial charge in [-0.1, -0.05) is 121 Å². The molecule has 0 radical (unpaired) electrons. The normalized spacial score (nSPS) is 23.9. The van der Waals surface area contributed by atoms with Crippen LogP contribution < -0.4 is 10.4 Å². The summed E-state index contributed by atoms with van der Waals surface area (Å²) in [6.45, 7) is 11.2. The first kappa shape index (κ1) is 32.1. The second-order valence-corrected chi connectivity index (χ2v) is 17.6. The van der Waals surface area contributed by atoms with Crippen molar-refractivity contribution in [3.8, 4) is 12.3 Å². The van der Waals surface area contributed by atoms with Crippen LogP contribution in [-0.2, 0) is 34.7 Å². The molecule has 0 spiro atoms. The minimum atomic E-state index is -2.85. The van der Waals surface area contributed by atoms with Gasteiger partial charge in [0.25, 0.3) is 8.32 Å². The first-order chi connectivity index (χ1) is 20.6. The van der Waals surface area contributed by atoms with Crippen molar-refractivity contribution in [1.29, 1.82) is 0 Å². The van der Waals surface area contributed by atoms with Crippen molar-refractivity contribution in [2.24, 2.45) is 0 Å². The number of ether oxygens (including phenoxy) is 5. The molecule has 2 saturated heterocycles. The Bertz CT molecular complexity index is 1350. The molecule has 2 aliphatic rings. The third-order valence-electron chi connectivity index (χ3n) is 8.04. The highest BCUT2D eigenvalue weighted by molar-refractivity contribution is 9.10. The molecule has 0 amide bonds. The van der Waals surface area contributed by atoms with Gasteiger partial charge < -0.3 is 28.1 Å². The second-order valence-electron chi connectivity index (χ2n) is 12.5. The third kappa shape index (κ3) is 6.85. The first-order valence-electron chi connectivity index (χ1n) is 14.7. The molecule has 0 bridgehead atoms. The number of hydrogen-bond acceptors (Lipinski definition) is 6. The quantitative estimate of drug-likeness (QED) is 0.191. The lowest BCUT2D eigenvalue weighted by molar-refractivity contribution is -0.234. The Morgan fingerprint density at radius 3 is 2.12 bits per heavy atom. The van der Waals surface area contributed by atoms with Gasteiger partial charge in [-0.2, -0.15) is 0 Å². The van der Waals surface area contributed by atoms with Gasteiger partial charge in [0.15, 0.2) is 12.1 Å². The van der Waals surface area contributed by atoms with E-state index in [0.717, 1.165) is 10.0 Å². The first-order valence-corrected chi connectivity index (χ1v) is 17.4. The molecule has 5 rings (SSSR count). The summed E-state index contributed by atoms with van der Waals surface area (Å²) in [5.41, 5.74) is 1.02. The van der Waals surface area contributed by atoms with Crippen molar-refractivity contribution in [1.82, 2.24) is 0 Å². The molecule has 0 unspecified atom stereocenters. The van der Waals surface area contributed by atoms with Crippen molar-refractivity contribution in [2.45, 2.75) is 82.8 Å². The van der Waals surface area contributed by atoms with Crippen LogP contribution >= 0.6 is 15.9 Å². The van der Waals surface area contributed by atoms with Crippen LogP contribution in [0.4, 0.5) is 0 Å². The number of rotatable bonds is 11. The Balaban J connectivity index is 1.48. The lowest BCUT2D eigenvalue weighted by Gasteiger charge is -2.44. The minimum absolute atomic E-state index is 0.105. The summed E-state index contributed by atoms with van der Waals surface area (Å²) in [4.78, 5) is 0. The summed E-state index contributed by atoms with van der Waals surface area (Å²) >= 11 is 3.64. The van der Waals surface area contributed by atoms with E-state index in [4.69, 9.17) is 34.5 Å². The van der Waals surface area contributed by atoms with E-state index in [2.05, 4.69) is 91.2 Å². The molecule has 0 aromatic heterocycles. The lowest BCUT2D eigenvalue weighted by atomic mass is 10.1. The third-order valence-corrected chi connectivity index (χ3v) is 13.8. The average molecular weight is 666 g/mol. The molecule has 43 heavy (non-hydrogen) atoms. The van der Waals surface area contributed by atoms with Crippen molar-refractivity contribution in [2.75, 3.05) is 13.2 Å². The topological polar surface area (TPSA) is 55.4 Å². The lowest BCUT2D eigenvalue weighted by Crippen LogP contribution is -2.67. The van der Waals surface area contributed by atoms with E-state index >= 15 is 0 Å². The van der Waals surface area contributed by atoms with Crippen LogP contribution in [0.3, 0.4) is 0 Å². The summed E-state index contributed by atoms with van der Waals surface area (Å²) in [5, 5.41) is 2.16. The van der Waals surface area contributed by atoms with E-state index in [9.17, 15) is 0 Å². The molecule has 0 N–H and O–H groups in total. The van der Waals surface area contributed by atoms with E-state index < -0.39 is 44.8 Å². The fourth-order valence-electron chi connectivity index (χ4n) is 6.16. The molecule has 8 heteroatoms. The van der Waals surface area contributed by atoms with E-state index in [-0.39, 0.29) is 18.3 Å². The van der Waals surface area contributed by atoms with Crippen LogP contribution in [0.1, 0.15) is 40.2 Å². The fraction of sp³-hybridized carbons (Fsp3) is 0.429. The summed E-state index contributed by atoms with van der Waals surface area (Å²) in [7, 11) is -2.85. The van der Waals surface area contributed by atoms with Gasteiger partial charge in [0.05, 0.1) is 13.2 Å². The van der Waals surface area contributed by atoms with Gasteiger partial charge in [-0.3, -0.25) is 0 Å². The second kappa shape index (κ2) is 13.4. The summed E-state index contributed by atoms with van der Waals surface area (Å²) in [5.74, 6) is 1.83. The monoisotopic (exact) mass is 664 g/mol. The minimum Gasteiger partial charge on any atom is -0.405 e. The summed E-state index contributed by atoms with van der Waals surface area (Å²) < 4.78 is 40.1. The highest BCUT2D eigenvalue weighted by Gasteiger charge is 2.58. The number of benzene rings is 3. The zero-order valence-electron chi connectivity index (χ0n) is 25.5. The molecule has 5 atom stereocenters. The van der Waals surface area contributed by atoms with Gasteiger partial charge >= 0.3 is 0 Å². The maximum atomic E-state index is 7.25. The molecule has 2 heterocycles. The number of hydrogen-bond donors (Lipinski definition) is 0. The Morgan fingerprint density at radius 1 is 0.930 bits per heavy atom. The molecular formula is C35H41BrO6Si. The Hall–Kier alpha value is -2.32. The molecule has 0 saturated carbocycles. The molecule has 3 aromatic carbocycles. The van der Waals surface area contributed by atoms with Gasteiger partial charge in [0.2, 0.25) is 0 Å². The average Bonchev–Trinajstić information content (AvgIpc) is 3.46. The predicted molar refractivity (Wildman–Crippen MR) is 174 cm³/mol. The highest BCUT2D eigenvalue weighted by atomic mass is 79.9. The number of terminal acetylenes is 1. The fourth-order valence-corrected chi connectivity index (χ4v) is 11.1. The van der Waals surface area contributed by atoms with Gasteiger partial charge in [0, 0.05) is 4.47 Å². The van der Waals surface area contributed by atoms with Crippen LogP contribution in [0.2, 0.25) is 5.04 Å². The van der Waals surface area contributed by atoms with Crippen LogP contribution in [0, 0.1) is 12.3 Å². The van der Waals surface area contributed by atoms with Gasteiger partial charge in [0.1, 0.15) is 31.0 Å². The number of halogens is 1. The standard InChI is InChI=1S/C35H41BrO6Si/c1-7-22-37-29(24-39-43(34(2,3)4,26-17-10-8-11-18-26)27-19-12-9-13-20-27)30-31(32-33(40-30)42-35(5,6)41-32)38-23-25-16-14-15-21-28(25)36/h1,8-21,29-33H,22-24H2,2-6H3/t29-,30-,31+,32-,33-/m1/s1. The zero-order valence-corrected chi connectivity index (χ0v) is 28.1. The largest absolute Gasteiger partial charge is 0.405 e. The van der Waals surface area contributed by atoms with E-state index in [1.807, 2.05) is 50.2 Å². The van der Waals surface area contributed by atoms with Crippen LogP contribution in [0.25, 0.3) is 0 Å². The number of fused-ring (bicyclic) bond motifs is 1. The predicted octanol–water partition coefficient (Wildman–Crippen LogP) is 5.81. The van der Waals surface area contributed by atoms with E-state index in [0.29, 0.717) is 6.61 Å². The summed E-state index contributed by atoms with van der Waals surface area (Å²) in [6.07, 6.45) is 3.09. The molecule has 0 aliphatic carbocycles. The van der Waals surface area contributed by atoms with Gasteiger partial charge in [-0.05, 0) is 40.9 Å². The van der Waals surface area contributed by atoms with E-state index in [1.54, 1.807) is 0 Å². The van der Waals surface area contributed by atoms with Gasteiger partial charge in [-0.15, -0.1) is 6.42 Å². The van der Waals surface area contributed by atoms with Crippen LogP contribution in [0.15, 0.2) is 89.4 Å². The molecule has 2 fully saturated rings. The Morgan fingerprint density at radius 2 is 1.53 bits per heavy atom. The SMILES string of the molecule is C#CCO[C@H](CO[Si](c1ccccc1)(c1ccccc1)C(C)(C)C)[C@H]1O[C@@H]2OC(C)(C)O[C@@H]2[C@H]1OCc1ccccc1Br. The van der Waals surface area contributed by atoms with Crippen LogP contribution in [-0.4, -0.2) is 58.0 Å². The van der Waals surface area contributed by atoms with Crippen molar-refractivity contribution in [3.63, 3.8) is 0 Å². The van der Waals surface area contributed by atoms with Crippen molar-refractivity contribution < 1.29 is 28.1 Å². The zero-order chi connectivity index (χ0) is 30.7. The molecule has 6 nitrogen and oxygen atoms in total. The summed E-state index contributed by atoms with van der Waals surface area (Å²) in [6, 6.07) is 29.1. The van der Waals surface area contributed by atoms with Gasteiger partial charge in [-0.25, -0.2) is 0 Å². The molecule has 3 aromatic rings. The maximum absolute atomic E-state index is 7.25. The van der Waals surface area contributed by atoms with E-state index in [1.165, 1.54) is 10.4 Å². The Labute approximate surface area is 265 Å². The molecule has 2 aliphatic heterocycles. The Kier molecular flexibility index (Phi) is 9.96. The van der Waals surface area contributed by atoms with Crippen molar-refractivity contribution in [3.05, 3.63) is 95.0 Å². The smallest absolute Gasteiger partial charge is 0.261 e. The maximum Gasteiger partial charge on any atom is 0.261 e.